The summed E-state index contributed by atoms with van der Waals surface area (Å²) in [5.74, 6) is -0.117. The van der Waals surface area contributed by atoms with Crippen LogP contribution in [0.5, 0.6) is 0 Å². The largest absolute Gasteiger partial charge is 0.351 e. The van der Waals surface area contributed by atoms with Crippen LogP contribution in [0.25, 0.3) is 0 Å². The van der Waals surface area contributed by atoms with Crippen LogP contribution in [0.1, 0.15) is 31.3 Å². The van der Waals surface area contributed by atoms with Gasteiger partial charge in [-0.15, -0.1) is 0 Å². The normalized spacial score (nSPS) is 8.23. The van der Waals surface area contributed by atoms with Gasteiger partial charge < -0.3 is 5.32 Å². The number of carbonyl (C=O) groups is 1. The topological polar surface area (TPSA) is 42.0 Å². The van der Waals surface area contributed by atoms with Crippen LogP contribution in [0.4, 0.5) is 0 Å². The molecule has 0 radical (unpaired) electrons. The Balaban J connectivity index is 0.000000671. The molecule has 3 nitrogen and oxygen atoms in total. The van der Waals surface area contributed by atoms with E-state index in [9.17, 15) is 4.79 Å². The van der Waals surface area contributed by atoms with E-state index in [1.54, 1.807) is 24.4 Å². The van der Waals surface area contributed by atoms with Crippen molar-refractivity contribution in [2.45, 2.75) is 20.8 Å². The summed E-state index contributed by atoms with van der Waals surface area (Å²) in [5, 5.41) is 2.66. The molecule has 0 bridgehead atoms. The lowest BCUT2D eigenvalue weighted by atomic mass is 10.3. The van der Waals surface area contributed by atoms with Crippen LogP contribution < -0.4 is 5.32 Å². The number of nitrogens with zero attached hydrogens (tertiary/aromatic N) is 1. The third kappa shape index (κ3) is 4.25. The van der Waals surface area contributed by atoms with Crippen molar-refractivity contribution in [3.05, 3.63) is 30.1 Å². The molecule has 1 aromatic heterocycles. The molecule has 0 atom stereocenters. The molecule has 0 fully saturated rings. The van der Waals surface area contributed by atoms with Gasteiger partial charge >= 0.3 is 0 Å². The minimum absolute atomic E-state index is 0.117. The summed E-state index contributed by atoms with van der Waals surface area (Å²) >= 11 is 0. The third-order valence-corrected chi connectivity index (χ3v) is 1.23. The molecule has 0 aliphatic rings. The quantitative estimate of drug-likeness (QED) is 0.754. The molecule has 0 aromatic carbocycles. The fourth-order valence-electron chi connectivity index (χ4n) is 0.748. The second kappa shape index (κ2) is 7.28. The molecule has 1 rings (SSSR count). The molecule has 1 amide bonds. The van der Waals surface area contributed by atoms with Crippen molar-refractivity contribution in [1.29, 1.82) is 0 Å². The van der Waals surface area contributed by atoms with E-state index in [1.807, 2.05) is 20.8 Å². The van der Waals surface area contributed by atoms with Crippen LogP contribution in [-0.4, -0.2) is 17.4 Å². The summed E-state index contributed by atoms with van der Waals surface area (Å²) in [4.78, 5) is 15.0. The van der Waals surface area contributed by atoms with Crippen molar-refractivity contribution in [2.24, 2.45) is 0 Å². The minimum Gasteiger partial charge on any atom is -0.351 e. The molecule has 0 saturated heterocycles. The van der Waals surface area contributed by atoms with Gasteiger partial charge in [-0.1, -0.05) is 19.9 Å². The first-order valence-corrected chi connectivity index (χ1v) is 4.54. The zero-order chi connectivity index (χ0) is 10.1. The van der Waals surface area contributed by atoms with Crippen LogP contribution in [0.2, 0.25) is 0 Å². The number of hydrogen-bond acceptors (Lipinski definition) is 2. The smallest absolute Gasteiger partial charge is 0.269 e. The van der Waals surface area contributed by atoms with Gasteiger partial charge in [0, 0.05) is 12.7 Å². The van der Waals surface area contributed by atoms with Gasteiger partial charge in [0.1, 0.15) is 5.69 Å². The number of amides is 1. The van der Waals surface area contributed by atoms with Gasteiger partial charge in [-0.25, -0.2) is 0 Å². The lowest BCUT2D eigenvalue weighted by molar-refractivity contribution is 0.0951. The zero-order valence-corrected chi connectivity index (χ0v) is 8.37. The van der Waals surface area contributed by atoms with Crippen molar-refractivity contribution in [3.8, 4) is 0 Å². The first-order chi connectivity index (χ1) is 6.34. The highest BCUT2D eigenvalue weighted by molar-refractivity contribution is 5.92. The Bertz CT molecular complexity index is 234. The number of rotatable bonds is 2. The first-order valence-electron chi connectivity index (χ1n) is 4.54. The summed E-state index contributed by atoms with van der Waals surface area (Å²) in [6.07, 6.45) is 1.60. The van der Waals surface area contributed by atoms with Gasteiger partial charge in [0.05, 0.1) is 0 Å². The highest BCUT2D eigenvalue weighted by atomic mass is 16.1. The summed E-state index contributed by atoms with van der Waals surface area (Å²) in [7, 11) is 0. The fourth-order valence-corrected chi connectivity index (χ4v) is 0.748. The standard InChI is InChI=1S/C8H10N2O.C2H6/c1-2-9-8(11)7-5-3-4-6-10-7;1-2/h3-6H,2H2,1H3,(H,9,11);1-2H3. The van der Waals surface area contributed by atoms with Crippen molar-refractivity contribution in [2.75, 3.05) is 6.54 Å². The second-order valence-electron chi connectivity index (χ2n) is 2.07. The summed E-state index contributed by atoms with van der Waals surface area (Å²) in [6.45, 7) is 6.51. The number of aromatic nitrogens is 1. The SMILES string of the molecule is CC.CCNC(=O)c1ccccn1. The van der Waals surface area contributed by atoms with Crippen molar-refractivity contribution in [3.63, 3.8) is 0 Å². The van der Waals surface area contributed by atoms with E-state index in [2.05, 4.69) is 10.3 Å². The van der Waals surface area contributed by atoms with E-state index in [0.29, 0.717) is 12.2 Å². The Hall–Kier alpha value is -1.38. The van der Waals surface area contributed by atoms with E-state index < -0.39 is 0 Å². The van der Waals surface area contributed by atoms with Gasteiger partial charge in [-0.3, -0.25) is 9.78 Å². The Kier molecular flexibility index (Phi) is 6.51. The van der Waals surface area contributed by atoms with Crippen LogP contribution in [0.3, 0.4) is 0 Å². The van der Waals surface area contributed by atoms with Crippen LogP contribution >= 0.6 is 0 Å². The molecule has 0 aliphatic carbocycles. The highest BCUT2D eigenvalue weighted by Gasteiger charge is 2.01. The molecule has 0 spiro atoms. The predicted octanol–water partition coefficient (Wildman–Crippen LogP) is 1.86. The molecule has 72 valence electrons. The number of hydrogen-bond donors (Lipinski definition) is 1. The predicted molar refractivity (Wildman–Crippen MR) is 53.6 cm³/mol. The first kappa shape index (κ1) is 11.6. The molecule has 3 heteroatoms. The molecule has 0 aliphatic heterocycles. The Morgan fingerprint density at radius 1 is 1.46 bits per heavy atom. The minimum atomic E-state index is -0.117. The van der Waals surface area contributed by atoms with E-state index in [1.165, 1.54) is 0 Å². The lowest BCUT2D eigenvalue weighted by Gasteiger charge is -1.98. The average molecular weight is 180 g/mol. The van der Waals surface area contributed by atoms with E-state index in [-0.39, 0.29) is 5.91 Å². The zero-order valence-electron chi connectivity index (χ0n) is 8.37. The molecule has 0 saturated carbocycles. The molecule has 1 heterocycles. The van der Waals surface area contributed by atoms with Crippen molar-refractivity contribution >= 4 is 5.91 Å². The maximum absolute atomic E-state index is 11.1. The Morgan fingerprint density at radius 3 is 2.62 bits per heavy atom. The maximum atomic E-state index is 11.1. The van der Waals surface area contributed by atoms with Gasteiger partial charge in [0.25, 0.3) is 5.91 Å². The van der Waals surface area contributed by atoms with Gasteiger partial charge in [0.2, 0.25) is 0 Å². The van der Waals surface area contributed by atoms with Crippen LogP contribution in [-0.2, 0) is 0 Å². The number of nitrogens with one attached hydrogen (secondary N) is 1. The lowest BCUT2D eigenvalue weighted by Crippen LogP contribution is -2.23. The molecule has 1 aromatic rings. The molecular weight excluding hydrogens is 164 g/mol. The number of pyridine rings is 1. The van der Waals surface area contributed by atoms with Gasteiger partial charge in [-0.2, -0.15) is 0 Å². The highest BCUT2D eigenvalue weighted by Crippen LogP contribution is 1.91. The molecule has 1 N–H and O–H groups in total. The number of carbonyl (C=O) groups excluding carboxylic acids is 1. The third-order valence-electron chi connectivity index (χ3n) is 1.23. The summed E-state index contributed by atoms with van der Waals surface area (Å²) in [6, 6.07) is 5.26. The van der Waals surface area contributed by atoms with Gasteiger partial charge in [0.15, 0.2) is 0 Å². The molecule has 13 heavy (non-hydrogen) atoms. The maximum Gasteiger partial charge on any atom is 0.269 e. The van der Waals surface area contributed by atoms with Crippen LogP contribution in [0.15, 0.2) is 24.4 Å². The average Bonchev–Trinajstić information content (AvgIpc) is 2.23. The molecule has 0 unspecified atom stereocenters. The van der Waals surface area contributed by atoms with Crippen molar-refractivity contribution < 1.29 is 4.79 Å². The van der Waals surface area contributed by atoms with E-state index >= 15 is 0 Å². The van der Waals surface area contributed by atoms with Gasteiger partial charge in [-0.05, 0) is 19.1 Å². The van der Waals surface area contributed by atoms with Crippen LogP contribution in [0, 0.1) is 0 Å². The Morgan fingerprint density at radius 2 is 2.15 bits per heavy atom. The molecular formula is C10H16N2O. The Labute approximate surface area is 79.2 Å². The second-order valence-corrected chi connectivity index (χ2v) is 2.07. The van der Waals surface area contributed by atoms with Crippen molar-refractivity contribution in [1.82, 2.24) is 10.3 Å². The van der Waals surface area contributed by atoms with E-state index in [4.69, 9.17) is 0 Å². The summed E-state index contributed by atoms with van der Waals surface area (Å²) < 4.78 is 0. The van der Waals surface area contributed by atoms with E-state index in [0.717, 1.165) is 0 Å². The monoisotopic (exact) mass is 180 g/mol. The summed E-state index contributed by atoms with van der Waals surface area (Å²) in [5.41, 5.74) is 0.467. The fraction of sp³-hybridized carbons (Fsp3) is 0.400.